The second kappa shape index (κ2) is 7.56. The molecular formula is C13H17ClNO4PS. The van der Waals surface area contributed by atoms with Crippen molar-refractivity contribution in [3.05, 3.63) is 30.3 Å². The number of esters is 1. The van der Waals surface area contributed by atoms with Crippen molar-refractivity contribution in [2.45, 2.75) is 25.8 Å². The molecule has 0 radical (unpaired) electrons. The van der Waals surface area contributed by atoms with Crippen LogP contribution >= 0.6 is 18.5 Å². The Hall–Kier alpha value is -0.650. The number of nitrogens with zero attached hydrogens (tertiary/aromatic N) is 1. The lowest BCUT2D eigenvalue weighted by atomic mass is 10.2. The highest BCUT2D eigenvalue weighted by Gasteiger charge is 2.43. The Morgan fingerprint density at radius 3 is 2.81 bits per heavy atom. The molecular weight excluding hydrogens is 333 g/mol. The summed E-state index contributed by atoms with van der Waals surface area (Å²) in [6.07, 6.45) is 1.48. The molecule has 8 heteroatoms. The van der Waals surface area contributed by atoms with E-state index in [9.17, 15) is 4.79 Å². The van der Waals surface area contributed by atoms with Gasteiger partial charge in [-0.2, -0.15) is 4.08 Å². The predicted octanol–water partition coefficient (Wildman–Crippen LogP) is 3.49. The molecule has 0 bridgehead atoms. The summed E-state index contributed by atoms with van der Waals surface area (Å²) in [4.78, 5) is 12.0. The van der Waals surface area contributed by atoms with Gasteiger partial charge in [0.2, 0.25) is 0 Å². The van der Waals surface area contributed by atoms with Crippen molar-refractivity contribution in [1.29, 1.82) is 0 Å². The number of carbonyl (C=O) groups is 1. The van der Waals surface area contributed by atoms with Crippen LogP contribution in [0.3, 0.4) is 0 Å². The zero-order valence-electron chi connectivity index (χ0n) is 11.6. The highest BCUT2D eigenvalue weighted by atomic mass is 35.5. The van der Waals surface area contributed by atoms with Crippen LogP contribution in [0.15, 0.2) is 30.3 Å². The fourth-order valence-corrected chi connectivity index (χ4v) is 4.95. The van der Waals surface area contributed by atoms with Crippen LogP contribution in [-0.4, -0.2) is 29.8 Å². The van der Waals surface area contributed by atoms with Crippen molar-refractivity contribution in [1.82, 2.24) is 4.67 Å². The van der Waals surface area contributed by atoms with Gasteiger partial charge in [0.1, 0.15) is 11.8 Å². The van der Waals surface area contributed by atoms with Gasteiger partial charge in [-0.15, -0.1) is 0 Å². The largest absolute Gasteiger partial charge is 0.465 e. The summed E-state index contributed by atoms with van der Waals surface area (Å²) in [6.45, 7) is -0.278. The number of hydrogen-bond acceptors (Lipinski definition) is 5. The van der Waals surface area contributed by atoms with Crippen LogP contribution < -0.4 is 4.52 Å². The summed E-state index contributed by atoms with van der Waals surface area (Å²) in [7, 11) is 0. The summed E-state index contributed by atoms with van der Waals surface area (Å²) in [5.41, 5.74) is 0. The van der Waals surface area contributed by atoms with Crippen molar-refractivity contribution >= 4 is 36.3 Å². The molecule has 116 valence electrons. The second-order valence-electron chi connectivity index (χ2n) is 4.52. The number of halogens is 1. The van der Waals surface area contributed by atoms with Gasteiger partial charge in [-0.25, -0.2) is 4.67 Å². The van der Waals surface area contributed by atoms with Crippen molar-refractivity contribution in [3.8, 4) is 5.75 Å². The molecule has 0 amide bonds. The zero-order chi connectivity index (χ0) is 15.3. The standard InChI is InChI=1S/C13H17ClNO4PS/c1-2-17-13(16)12-9-6-10-15(12)20(21,19-14)18-11-7-4-3-5-8-11/h3-5,7-8,12H,2,6,9-10H2,1H3/t12-,20?/m0/s1. The van der Waals surface area contributed by atoms with Crippen LogP contribution in [0.2, 0.25) is 0 Å². The molecule has 1 heterocycles. The monoisotopic (exact) mass is 349 g/mol. The maximum atomic E-state index is 12.0. The van der Waals surface area contributed by atoms with Gasteiger partial charge in [-0.1, -0.05) is 18.2 Å². The molecule has 2 atom stereocenters. The Morgan fingerprint density at radius 2 is 2.19 bits per heavy atom. The van der Waals surface area contributed by atoms with Crippen molar-refractivity contribution in [2.24, 2.45) is 0 Å². The fourth-order valence-electron chi connectivity index (χ4n) is 2.24. The summed E-state index contributed by atoms with van der Waals surface area (Å²) in [6, 6.07) is 8.61. The van der Waals surface area contributed by atoms with Gasteiger partial charge in [0.25, 0.3) is 0 Å². The summed E-state index contributed by atoms with van der Waals surface area (Å²) in [5.74, 6) is 0.255. The summed E-state index contributed by atoms with van der Waals surface area (Å²) >= 11 is 11.1. The molecule has 1 aliphatic rings. The lowest BCUT2D eigenvalue weighted by molar-refractivity contribution is -0.147. The highest BCUT2D eigenvalue weighted by Crippen LogP contribution is 2.56. The lowest BCUT2D eigenvalue weighted by Gasteiger charge is -2.31. The van der Waals surface area contributed by atoms with E-state index in [1.807, 2.05) is 18.2 Å². The third kappa shape index (κ3) is 3.96. The molecule has 1 saturated heterocycles. The number of benzene rings is 1. The molecule has 21 heavy (non-hydrogen) atoms. The zero-order valence-corrected chi connectivity index (χ0v) is 14.1. The number of hydrogen-bond donors (Lipinski definition) is 0. The number of carbonyl (C=O) groups excluding carboxylic acids is 1. The number of rotatable bonds is 6. The first-order valence-corrected chi connectivity index (χ1v) is 9.59. The van der Waals surface area contributed by atoms with Gasteiger partial charge >= 0.3 is 12.6 Å². The second-order valence-corrected chi connectivity index (χ2v) is 8.08. The van der Waals surface area contributed by atoms with E-state index >= 15 is 0 Å². The van der Waals surface area contributed by atoms with Crippen LogP contribution in [0.1, 0.15) is 19.8 Å². The van der Waals surface area contributed by atoms with Crippen molar-refractivity contribution in [2.75, 3.05) is 13.2 Å². The molecule has 1 fully saturated rings. The maximum absolute atomic E-state index is 12.0. The SMILES string of the molecule is CCOC(=O)[C@@H]1CCCN1P(=S)(OCl)Oc1ccccc1. The fraction of sp³-hybridized carbons (Fsp3) is 0.462. The van der Waals surface area contributed by atoms with E-state index in [1.165, 1.54) is 0 Å². The van der Waals surface area contributed by atoms with Crippen LogP contribution in [0.4, 0.5) is 0 Å². The Balaban J connectivity index is 2.18. The molecule has 0 saturated carbocycles. The Bertz CT molecular complexity index is 530. The van der Waals surface area contributed by atoms with E-state index in [2.05, 4.69) is 0 Å². The van der Waals surface area contributed by atoms with Crippen molar-refractivity contribution in [3.63, 3.8) is 0 Å². The molecule has 1 aromatic rings. The quantitative estimate of drug-likeness (QED) is 0.579. The average Bonchev–Trinajstić information content (AvgIpc) is 2.98. The molecule has 1 aromatic carbocycles. The van der Waals surface area contributed by atoms with Crippen LogP contribution in [-0.2, 0) is 25.4 Å². The number of para-hydroxylation sites is 1. The molecule has 0 aromatic heterocycles. The van der Waals surface area contributed by atoms with Gasteiger partial charge in [0.05, 0.1) is 18.5 Å². The van der Waals surface area contributed by atoms with Crippen LogP contribution in [0, 0.1) is 0 Å². The van der Waals surface area contributed by atoms with Gasteiger partial charge in [0, 0.05) is 6.54 Å². The predicted molar refractivity (Wildman–Crippen MR) is 84.7 cm³/mol. The minimum Gasteiger partial charge on any atom is -0.465 e. The minimum absolute atomic E-state index is 0.311. The van der Waals surface area contributed by atoms with E-state index in [0.717, 1.165) is 6.42 Å². The van der Waals surface area contributed by atoms with Crippen LogP contribution in [0.25, 0.3) is 0 Å². The van der Waals surface area contributed by atoms with Gasteiger partial charge in [-0.3, -0.25) is 4.79 Å². The normalized spacial score (nSPS) is 21.7. The first-order chi connectivity index (χ1) is 10.1. The smallest absolute Gasteiger partial charge is 0.333 e. The number of ether oxygens (including phenoxy) is 1. The molecule has 0 spiro atoms. The van der Waals surface area contributed by atoms with E-state index in [-0.39, 0.29) is 5.97 Å². The van der Waals surface area contributed by atoms with E-state index in [4.69, 9.17) is 37.0 Å². The third-order valence-corrected chi connectivity index (χ3v) is 6.76. The van der Waals surface area contributed by atoms with Gasteiger partial charge in [0.15, 0.2) is 0 Å². The molecule has 5 nitrogen and oxygen atoms in total. The molecule has 2 rings (SSSR count). The lowest BCUT2D eigenvalue weighted by Crippen LogP contribution is -2.36. The Morgan fingerprint density at radius 1 is 1.48 bits per heavy atom. The first-order valence-electron chi connectivity index (χ1n) is 6.69. The van der Waals surface area contributed by atoms with E-state index in [1.54, 1.807) is 23.7 Å². The highest BCUT2D eigenvalue weighted by molar-refractivity contribution is 8.09. The molecule has 0 aliphatic carbocycles. The minimum atomic E-state index is -2.97. The Labute approximate surface area is 134 Å². The maximum Gasteiger partial charge on any atom is 0.333 e. The van der Waals surface area contributed by atoms with Crippen molar-refractivity contribution < 1.29 is 18.1 Å². The summed E-state index contributed by atoms with van der Waals surface area (Å²) < 4.78 is 17.6. The topological polar surface area (TPSA) is 48.0 Å². The first kappa shape index (κ1) is 16.7. The van der Waals surface area contributed by atoms with Crippen LogP contribution in [0.5, 0.6) is 5.75 Å². The molecule has 1 aliphatic heterocycles. The van der Waals surface area contributed by atoms with E-state index < -0.39 is 12.7 Å². The molecule has 0 N–H and O–H groups in total. The van der Waals surface area contributed by atoms with E-state index in [0.29, 0.717) is 25.3 Å². The average molecular weight is 350 g/mol. The van der Waals surface area contributed by atoms with Gasteiger partial charge in [-0.05, 0) is 43.7 Å². The Kier molecular flexibility index (Phi) is 6.02. The summed E-state index contributed by atoms with van der Waals surface area (Å²) in [5, 5.41) is 0. The third-order valence-electron chi connectivity index (χ3n) is 3.15. The molecule has 1 unspecified atom stereocenters. The van der Waals surface area contributed by atoms with Gasteiger partial charge < -0.3 is 9.26 Å².